The highest BCUT2D eigenvalue weighted by molar-refractivity contribution is 9.10. The number of halogens is 1. The van der Waals surface area contributed by atoms with Crippen molar-refractivity contribution in [2.75, 3.05) is 4.90 Å². The number of aryl methyl sites for hydroxylation is 1. The predicted octanol–water partition coefficient (Wildman–Crippen LogP) is 7.31. The van der Waals surface area contributed by atoms with Gasteiger partial charge >= 0.3 is 0 Å². The van der Waals surface area contributed by atoms with Crippen molar-refractivity contribution in [3.05, 3.63) is 117 Å². The second-order valence-electron chi connectivity index (χ2n) is 8.77. The van der Waals surface area contributed by atoms with Gasteiger partial charge in [-0.15, -0.1) is 0 Å². The van der Waals surface area contributed by atoms with Crippen LogP contribution in [0.4, 0.5) is 5.69 Å². The van der Waals surface area contributed by atoms with Gasteiger partial charge in [0.25, 0.3) is 0 Å². The maximum atomic E-state index is 13.4. The number of hydrogen-bond donors (Lipinski definition) is 2. The molecule has 1 aliphatic carbocycles. The molecule has 2 N–H and O–H groups in total. The van der Waals surface area contributed by atoms with Gasteiger partial charge in [-0.05, 0) is 49.6 Å². The Morgan fingerprint density at radius 2 is 1.65 bits per heavy atom. The monoisotopic (exact) mass is 512 g/mol. The van der Waals surface area contributed by atoms with E-state index in [0.717, 1.165) is 33.4 Å². The molecule has 0 spiro atoms. The second kappa shape index (κ2) is 9.07. The molecule has 4 nitrogen and oxygen atoms in total. The van der Waals surface area contributed by atoms with Gasteiger partial charge in [0.15, 0.2) is 5.78 Å². The van der Waals surface area contributed by atoms with Gasteiger partial charge in [-0.25, -0.2) is 0 Å². The van der Waals surface area contributed by atoms with Crippen LogP contribution in [0, 0.1) is 12.3 Å². The minimum absolute atomic E-state index is 0.0332. The third kappa shape index (κ3) is 3.90. The summed E-state index contributed by atoms with van der Waals surface area (Å²) in [4.78, 5) is 15.3. The third-order valence-electron chi connectivity index (χ3n) is 6.55. The number of amidine groups is 1. The summed E-state index contributed by atoms with van der Waals surface area (Å²) in [5.74, 6) is -0.183. The number of aliphatic hydroxyl groups excluding tert-OH is 1. The summed E-state index contributed by atoms with van der Waals surface area (Å²) in [6.07, 6.45) is 1.94. The van der Waals surface area contributed by atoms with Crippen LogP contribution in [0.5, 0.6) is 0 Å². The SMILES string of the molecule is Cc1ccc(C(O)=C2C(=N)N(c3ccc(Br)cc3)C3=C(C(=O)CCC3)[C@@H]2c2ccccc2)cc1. The number of ketones is 1. The van der Waals surface area contributed by atoms with E-state index < -0.39 is 5.92 Å². The molecule has 0 fully saturated rings. The zero-order valence-electron chi connectivity index (χ0n) is 18.9. The standard InChI is InChI=1S/C29H25BrN2O2/c1-18-10-12-20(13-11-18)28(34)27-25(19-6-3-2-4-7-19)26-23(8-5-9-24(26)33)32(29(27)31)22-16-14-21(30)15-17-22/h2-4,6-7,10-17,25,31,34H,5,8-9H2,1H3/t25-/m0/s1. The first-order chi connectivity index (χ1) is 16.5. The van der Waals surface area contributed by atoms with Crippen molar-refractivity contribution in [2.45, 2.75) is 32.1 Å². The van der Waals surface area contributed by atoms with E-state index in [1.54, 1.807) is 0 Å². The lowest BCUT2D eigenvalue weighted by atomic mass is 9.73. The summed E-state index contributed by atoms with van der Waals surface area (Å²) in [5.41, 5.74) is 5.42. The van der Waals surface area contributed by atoms with E-state index in [9.17, 15) is 15.3 Å². The molecule has 0 unspecified atom stereocenters. The third-order valence-corrected chi connectivity index (χ3v) is 7.08. The zero-order valence-corrected chi connectivity index (χ0v) is 20.5. The number of carbonyl (C=O) groups is 1. The van der Waals surface area contributed by atoms with Gasteiger partial charge in [0.05, 0.1) is 0 Å². The van der Waals surface area contributed by atoms with Crippen molar-refractivity contribution in [3.63, 3.8) is 0 Å². The minimum Gasteiger partial charge on any atom is -0.507 e. The Bertz CT molecular complexity index is 1320. The molecule has 34 heavy (non-hydrogen) atoms. The summed E-state index contributed by atoms with van der Waals surface area (Å²) in [7, 11) is 0. The molecule has 2 aliphatic rings. The Kier molecular flexibility index (Phi) is 5.96. The molecule has 0 amide bonds. The fourth-order valence-corrected chi connectivity index (χ4v) is 5.18. The van der Waals surface area contributed by atoms with Gasteiger partial charge in [-0.2, -0.15) is 0 Å². The van der Waals surface area contributed by atoms with E-state index in [2.05, 4.69) is 15.9 Å². The van der Waals surface area contributed by atoms with Crippen LogP contribution in [-0.4, -0.2) is 16.7 Å². The van der Waals surface area contributed by atoms with Gasteiger partial charge in [-0.3, -0.25) is 15.1 Å². The average molecular weight is 513 g/mol. The van der Waals surface area contributed by atoms with Crippen LogP contribution in [0.25, 0.3) is 5.76 Å². The van der Waals surface area contributed by atoms with Crippen molar-refractivity contribution < 1.29 is 9.90 Å². The lowest BCUT2D eigenvalue weighted by Gasteiger charge is -2.41. The molecule has 1 heterocycles. The number of hydrogen-bond acceptors (Lipinski definition) is 3. The Balaban J connectivity index is 1.81. The van der Waals surface area contributed by atoms with E-state index in [1.165, 1.54) is 0 Å². The number of aliphatic hydroxyl groups is 1. The normalized spacial score (nSPS) is 19.8. The van der Waals surface area contributed by atoms with Gasteiger partial charge in [0, 0.05) is 44.9 Å². The Morgan fingerprint density at radius 3 is 2.32 bits per heavy atom. The Morgan fingerprint density at radius 1 is 0.971 bits per heavy atom. The molecule has 0 radical (unpaired) electrons. The first-order valence-electron chi connectivity index (χ1n) is 11.4. The van der Waals surface area contributed by atoms with Crippen molar-refractivity contribution in [2.24, 2.45) is 0 Å². The zero-order chi connectivity index (χ0) is 23.8. The van der Waals surface area contributed by atoms with Crippen LogP contribution >= 0.6 is 15.9 Å². The number of rotatable bonds is 3. The summed E-state index contributed by atoms with van der Waals surface area (Å²) in [6, 6.07) is 25.1. The molecule has 0 aromatic heterocycles. The molecule has 0 bridgehead atoms. The van der Waals surface area contributed by atoms with Gasteiger partial charge < -0.3 is 5.11 Å². The predicted molar refractivity (Wildman–Crippen MR) is 140 cm³/mol. The van der Waals surface area contributed by atoms with Crippen molar-refractivity contribution in [1.29, 1.82) is 5.41 Å². The molecule has 1 aliphatic heterocycles. The van der Waals surface area contributed by atoms with Gasteiger partial charge in [0.1, 0.15) is 11.6 Å². The molecular weight excluding hydrogens is 488 g/mol. The van der Waals surface area contributed by atoms with Crippen molar-refractivity contribution in [3.8, 4) is 0 Å². The lowest BCUT2D eigenvalue weighted by Crippen LogP contribution is -2.42. The molecule has 0 saturated heterocycles. The first kappa shape index (κ1) is 22.4. The number of benzene rings is 3. The van der Waals surface area contributed by atoms with Gasteiger partial charge in [-0.1, -0.05) is 76.1 Å². The largest absolute Gasteiger partial charge is 0.507 e. The van der Waals surface area contributed by atoms with E-state index in [1.807, 2.05) is 90.7 Å². The molecular formula is C29H25BrN2O2. The van der Waals surface area contributed by atoms with Crippen molar-refractivity contribution in [1.82, 2.24) is 0 Å². The fourth-order valence-electron chi connectivity index (χ4n) is 4.91. The second-order valence-corrected chi connectivity index (χ2v) is 9.69. The molecule has 170 valence electrons. The number of allylic oxidation sites excluding steroid dienone is 2. The summed E-state index contributed by atoms with van der Waals surface area (Å²) in [5, 5.41) is 20.9. The summed E-state index contributed by atoms with van der Waals surface area (Å²) in [6.45, 7) is 2.00. The number of Topliss-reactive ketones (excluding diaryl/α,β-unsaturated/α-hetero) is 1. The molecule has 5 heteroatoms. The smallest absolute Gasteiger partial charge is 0.161 e. The number of anilines is 1. The topological polar surface area (TPSA) is 64.4 Å². The highest BCUT2D eigenvalue weighted by Crippen LogP contribution is 2.47. The number of nitrogens with one attached hydrogen (secondary N) is 1. The van der Waals surface area contributed by atoms with Crippen LogP contribution in [0.1, 0.15) is 41.9 Å². The summed E-state index contributed by atoms with van der Waals surface area (Å²) >= 11 is 3.49. The fraction of sp³-hybridized carbons (Fsp3) is 0.172. The van der Waals surface area contributed by atoms with E-state index in [4.69, 9.17) is 0 Å². The Labute approximate surface area is 207 Å². The highest BCUT2D eigenvalue weighted by atomic mass is 79.9. The number of carbonyl (C=O) groups excluding carboxylic acids is 1. The number of nitrogens with zero attached hydrogens (tertiary/aromatic N) is 1. The molecule has 0 saturated carbocycles. The van der Waals surface area contributed by atoms with E-state index in [-0.39, 0.29) is 17.4 Å². The quantitative estimate of drug-likeness (QED) is 0.361. The molecule has 5 rings (SSSR count). The van der Waals surface area contributed by atoms with E-state index >= 15 is 0 Å². The van der Waals surface area contributed by atoms with E-state index in [0.29, 0.717) is 29.6 Å². The van der Waals surface area contributed by atoms with Gasteiger partial charge in [0.2, 0.25) is 0 Å². The van der Waals surface area contributed by atoms with Crippen molar-refractivity contribution >= 4 is 39.0 Å². The molecule has 3 aromatic carbocycles. The average Bonchev–Trinajstić information content (AvgIpc) is 2.85. The maximum absolute atomic E-state index is 13.4. The minimum atomic E-state index is -0.496. The van der Waals surface area contributed by atoms with Crippen LogP contribution in [0.3, 0.4) is 0 Å². The lowest BCUT2D eigenvalue weighted by molar-refractivity contribution is -0.116. The van der Waals surface area contributed by atoms with Crippen LogP contribution in [0.2, 0.25) is 0 Å². The maximum Gasteiger partial charge on any atom is 0.161 e. The van der Waals surface area contributed by atoms with Crippen LogP contribution in [0.15, 0.2) is 100 Å². The first-order valence-corrected chi connectivity index (χ1v) is 12.2. The Hall–Kier alpha value is -3.44. The molecule has 1 atom stereocenters. The highest BCUT2D eigenvalue weighted by Gasteiger charge is 2.43. The molecule has 3 aromatic rings. The summed E-state index contributed by atoms with van der Waals surface area (Å²) < 4.78 is 0.939. The van der Waals surface area contributed by atoms with Crippen LogP contribution in [-0.2, 0) is 4.79 Å². The van der Waals surface area contributed by atoms with Crippen LogP contribution < -0.4 is 4.90 Å².